The molecule has 52 heavy (non-hydrogen) atoms. The number of aromatic nitrogens is 2. The van der Waals surface area contributed by atoms with Crippen LogP contribution in [0.25, 0.3) is 72.3 Å². The quantitative estimate of drug-likeness (QED) is 0.181. The molecule has 0 atom stereocenters. The summed E-state index contributed by atoms with van der Waals surface area (Å²) in [6, 6.07) is 44.3. The molecule has 6 aromatic carbocycles. The summed E-state index contributed by atoms with van der Waals surface area (Å²) >= 11 is 0. The van der Waals surface area contributed by atoms with E-state index in [4.69, 9.17) is 9.40 Å². The van der Waals surface area contributed by atoms with E-state index >= 15 is 0 Å². The van der Waals surface area contributed by atoms with Crippen molar-refractivity contribution in [1.29, 1.82) is 0 Å². The highest BCUT2D eigenvalue weighted by atomic mass is 16.3. The first-order chi connectivity index (χ1) is 25.0. The number of para-hydroxylation sites is 3. The van der Waals surface area contributed by atoms with E-state index in [0.29, 0.717) is 0 Å². The van der Waals surface area contributed by atoms with Gasteiger partial charge in [-0.1, -0.05) is 134 Å². The monoisotopic (exact) mass is 678 g/mol. The fourth-order valence-corrected chi connectivity index (χ4v) is 8.74. The lowest BCUT2D eigenvalue weighted by Gasteiger charge is -2.48. The van der Waals surface area contributed by atoms with E-state index in [-0.39, 0.29) is 22.7 Å². The summed E-state index contributed by atoms with van der Waals surface area (Å²) in [5.74, 6) is 1.47. The van der Waals surface area contributed by atoms with Gasteiger partial charge in [0.1, 0.15) is 17.0 Å². The molecule has 0 amide bonds. The Bertz CT molecular complexity index is 2650. The first kappa shape index (κ1) is 32.5. The van der Waals surface area contributed by atoms with E-state index in [9.17, 15) is 0 Å². The molecule has 2 heterocycles. The topological polar surface area (TPSA) is 31.0 Å². The number of benzene rings is 6. The molecule has 0 radical (unpaired) electrons. The molecule has 0 bridgehead atoms. The lowest BCUT2D eigenvalue weighted by atomic mass is 9.55. The van der Waals surface area contributed by atoms with Crippen LogP contribution in [0.5, 0.6) is 0 Å². The second kappa shape index (κ2) is 11.5. The molecular formula is C49H46N2O. The maximum Gasteiger partial charge on any atom is 0.149 e. The molecule has 0 aliphatic heterocycles. The minimum Gasteiger partial charge on any atom is -0.455 e. The van der Waals surface area contributed by atoms with Crippen molar-refractivity contribution in [3.05, 3.63) is 144 Å². The molecule has 0 saturated carbocycles. The Morgan fingerprint density at radius 1 is 0.558 bits per heavy atom. The number of fused-ring (bicyclic) bond motifs is 7. The third-order valence-corrected chi connectivity index (χ3v) is 12.3. The highest BCUT2D eigenvalue weighted by Crippen LogP contribution is 2.55. The van der Waals surface area contributed by atoms with Crippen LogP contribution in [0.15, 0.2) is 126 Å². The lowest BCUT2D eigenvalue weighted by Crippen LogP contribution is -2.43. The minimum atomic E-state index is -0.0908. The fraction of sp³-hybridized carbons (Fsp3) is 0.245. The van der Waals surface area contributed by atoms with Crippen LogP contribution in [0.1, 0.15) is 89.5 Å². The number of hydrogen-bond acceptors (Lipinski definition) is 2. The van der Waals surface area contributed by atoms with Gasteiger partial charge in [-0.05, 0) is 110 Å². The van der Waals surface area contributed by atoms with Crippen molar-refractivity contribution in [2.45, 2.75) is 78.1 Å². The molecular weight excluding hydrogens is 633 g/mol. The molecule has 3 nitrogen and oxygen atoms in total. The summed E-state index contributed by atoms with van der Waals surface area (Å²) in [4.78, 5) is 5.41. The molecule has 0 fully saturated rings. The molecule has 2 aromatic heterocycles. The predicted molar refractivity (Wildman–Crippen MR) is 219 cm³/mol. The zero-order valence-corrected chi connectivity index (χ0v) is 31.5. The van der Waals surface area contributed by atoms with Crippen LogP contribution >= 0.6 is 0 Å². The SMILES string of the molecule is CC(C)c1cc(-c2ccccc2)cc(C(C)C)c1-n1c(-c2cccc3c2oc2cc4c(cc23)C(C)(C)C(C)(C)c2ccccc2-4)nc2ccccc21. The van der Waals surface area contributed by atoms with Gasteiger partial charge in [-0.2, -0.15) is 0 Å². The van der Waals surface area contributed by atoms with Crippen molar-refractivity contribution in [2.75, 3.05) is 0 Å². The highest BCUT2D eigenvalue weighted by Gasteiger charge is 2.46. The van der Waals surface area contributed by atoms with Gasteiger partial charge in [0, 0.05) is 10.8 Å². The van der Waals surface area contributed by atoms with Crippen molar-refractivity contribution in [3.63, 3.8) is 0 Å². The van der Waals surface area contributed by atoms with Gasteiger partial charge in [-0.15, -0.1) is 0 Å². The Morgan fingerprint density at radius 2 is 1.19 bits per heavy atom. The van der Waals surface area contributed by atoms with Gasteiger partial charge in [-0.3, -0.25) is 4.57 Å². The average Bonchev–Trinajstić information content (AvgIpc) is 3.71. The zero-order chi connectivity index (χ0) is 36.1. The summed E-state index contributed by atoms with van der Waals surface area (Å²) in [5, 5.41) is 2.27. The molecule has 9 rings (SSSR count). The van der Waals surface area contributed by atoms with E-state index < -0.39 is 0 Å². The first-order valence-electron chi connectivity index (χ1n) is 18.8. The summed E-state index contributed by atoms with van der Waals surface area (Å²) in [6.45, 7) is 18.8. The third-order valence-electron chi connectivity index (χ3n) is 12.3. The van der Waals surface area contributed by atoms with Gasteiger partial charge in [0.05, 0.1) is 22.3 Å². The van der Waals surface area contributed by atoms with Crippen LogP contribution in [0, 0.1) is 0 Å². The first-order valence-corrected chi connectivity index (χ1v) is 18.8. The van der Waals surface area contributed by atoms with Gasteiger partial charge in [0.25, 0.3) is 0 Å². The fourth-order valence-electron chi connectivity index (χ4n) is 8.74. The van der Waals surface area contributed by atoms with Gasteiger partial charge in [-0.25, -0.2) is 4.98 Å². The van der Waals surface area contributed by atoms with Crippen LogP contribution in [-0.2, 0) is 10.8 Å². The number of furan rings is 1. The van der Waals surface area contributed by atoms with Crippen LogP contribution in [0.2, 0.25) is 0 Å². The molecule has 8 aromatic rings. The van der Waals surface area contributed by atoms with E-state index in [1.165, 1.54) is 50.2 Å². The molecule has 0 saturated heterocycles. The highest BCUT2D eigenvalue weighted by molar-refractivity contribution is 6.11. The largest absolute Gasteiger partial charge is 0.455 e. The molecule has 0 N–H and O–H groups in total. The van der Waals surface area contributed by atoms with Crippen molar-refractivity contribution in [1.82, 2.24) is 9.55 Å². The van der Waals surface area contributed by atoms with Gasteiger partial charge in [0.15, 0.2) is 0 Å². The minimum absolute atomic E-state index is 0.0435. The third kappa shape index (κ3) is 4.61. The smallest absolute Gasteiger partial charge is 0.149 e. The number of hydrogen-bond donors (Lipinski definition) is 0. The maximum absolute atomic E-state index is 7.01. The van der Waals surface area contributed by atoms with Crippen LogP contribution in [-0.4, -0.2) is 9.55 Å². The molecule has 3 heteroatoms. The van der Waals surface area contributed by atoms with Crippen molar-refractivity contribution < 1.29 is 4.42 Å². The summed E-state index contributed by atoms with van der Waals surface area (Å²) in [6.07, 6.45) is 0. The Labute approximate surface area is 307 Å². The summed E-state index contributed by atoms with van der Waals surface area (Å²) in [5.41, 5.74) is 16.4. The van der Waals surface area contributed by atoms with Crippen molar-refractivity contribution >= 4 is 33.0 Å². The van der Waals surface area contributed by atoms with E-state index in [1.807, 2.05) is 0 Å². The molecule has 1 aliphatic rings. The predicted octanol–water partition coefficient (Wildman–Crippen LogP) is 13.7. The van der Waals surface area contributed by atoms with Gasteiger partial charge < -0.3 is 4.42 Å². The lowest BCUT2D eigenvalue weighted by molar-refractivity contribution is 0.299. The van der Waals surface area contributed by atoms with Crippen molar-refractivity contribution in [2.24, 2.45) is 0 Å². The molecule has 1 aliphatic carbocycles. The van der Waals surface area contributed by atoms with Gasteiger partial charge >= 0.3 is 0 Å². The van der Waals surface area contributed by atoms with Crippen LogP contribution in [0.4, 0.5) is 0 Å². The normalized spacial score (nSPS) is 14.8. The number of imidazole rings is 1. The van der Waals surface area contributed by atoms with Crippen molar-refractivity contribution in [3.8, 4) is 39.3 Å². The maximum atomic E-state index is 7.01. The molecule has 258 valence electrons. The molecule has 0 spiro atoms. The van der Waals surface area contributed by atoms with Crippen LogP contribution in [0.3, 0.4) is 0 Å². The molecule has 0 unspecified atom stereocenters. The number of rotatable bonds is 5. The second-order valence-electron chi connectivity index (χ2n) is 16.4. The second-order valence-corrected chi connectivity index (χ2v) is 16.4. The average molecular weight is 679 g/mol. The number of nitrogens with zero attached hydrogens (tertiary/aromatic N) is 2. The Kier molecular flexibility index (Phi) is 7.22. The Hall–Kier alpha value is -5.41. The zero-order valence-electron chi connectivity index (χ0n) is 31.5. The Morgan fingerprint density at radius 3 is 1.92 bits per heavy atom. The van der Waals surface area contributed by atoms with Crippen LogP contribution < -0.4 is 0 Å². The standard InChI is InChI=1S/C49H46N2O/c1-29(2)36-25-32(31-17-10-9-11-18-31)26-37(30(3)4)45(36)51-43-24-15-14-23-42(43)50-47(51)35-21-16-20-34-39-27-41-38(28-44(39)52-46(34)35)33-19-12-13-22-40(33)48(5,6)49(41,7)8/h9-30H,1-8H3. The van der Waals surface area contributed by atoms with E-state index in [1.54, 1.807) is 0 Å². The van der Waals surface area contributed by atoms with E-state index in [0.717, 1.165) is 44.4 Å². The van der Waals surface area contributed by atoms with Gasteiger partial charge in [0.2, 0.25) is 0 Å². The summed E-state index contributed by atoms with van der Waals surface area (Å²) in [7, 11) is 0. The Balaban J connectivity index is 1.34. The summed E-state index contributed by atoms with van der Waals surface area (Å²) < 4.78 is 9.43. The van der Waals surface area contributed by atoms with E-state index in [2.05, 4.69) is 181 Å².